The van der Waals surface area contributed by atoms with Crippen LogP contribution in [-0.2, 0) is 9.53 Å². The molecule has 0 aromatic carbocycles. The van der Waals surface area contributed by atoms with Crippen LogP contribution in [0.1, 0.15) is 27.7 Å². The van der Waals surface area contributed by atoms with E-state index in [0.29, 0.717) is 0 Å². The molecule has 3 heteroatoms. The van der Waals surface area contributed by atoms with Crippen LogP contribution in [0.4, 0.5) is 0 Å². The lowest BCUT2D eigenvalue weighted by atomic mass is 10.2. The lowest BCUT2D eigenvalue weighted by molar-refractivity contribution is -0.156. The van der Waals surface area contributed by atoms with Crippen molar-refractivity contribution >= 4 is 5.97 Å². The van der Waals surface area contributed by atoms with E-state index in [1.807, 2.05) is 20.8 Å². The largest absolute Gasteiger partial charge is 0.459 e. The van der Waals surface area contributed by atoms with Gasteiger partial charge in [0.1, 0.15) is 11.6 Å². The van der Waals surface area contributed by atoms with Crippen LogP contribution >= 0.6 is 0 Å². The number of rotatable bonds is 2. The number of hydrogen-bond acceptors (Lipinski definition) is 3. The molecule has 0 aromatic heterocycles. The van der Waals surface area contributed by atoms with E-state index in [1.165, 1.54) is 0 Å². The molecule has 0 saturated carbocycles. The van der Waals surface area contributed by atoms with Crippen LogP contribution < -0.4 is 5.32 Å². The minimum Gasteiger partial charge on any atom is -0.459 e. The van der Waals surface area contributed by atoms with Gasteiger partial charge in [-0.05, 0) is 34.7 Å². The lowest BCUT2D eigenvalue weighted by Crippen LogP contribution is -2.37. The molecule has 3 nitrogen and oxygen atoms in total. The summed E-state index contributed by atoms with van der Waals surface area (Å²) < 4.78 is 5.09. The average Bonchev–Trinajstić information content (AvgIpc) is 1.82. The van der Waals surface area contributed by atoms with Gasteiger partial charge in [0.15, 0.2) is 0 Å². The van der Waals surface area contributed by atoms with E-state index in [-0.39, 0.29) is 17.6 Å². The smallest absolute Gasteiger partial charge is 0.323 e. The summed E-state index contributed by atoms with van der Waals surface area (Å²) in [4.78, 5) is 11.1. The predicted octanol–water partition coefficient (Wildman–Crippen LogP) is 0.936. The predicted molar refractivity (Wildman–Crippen MR) is 44.4 cm³/mol. The molecule has 1 unspecified atom stereocenters. The van der Waals surface area contributed by atoms with E-state index >= 15 is 0 Å². The molecule has 0 heterocycles. The molecule has 0 bridgehead atoms. The van der Waals surface area contributed by atoms with Crippen molar-refractivity contribution in [2.45, 2.75) is 39.3 Å². The van der Waals surface area contributed by atoms with Gasteiger partial charge in [-0.2, -0.15) is 0 Å². The first-order chi connectivity index (χ1) is 4.87. The summed E-state index contributed by atoms with van der Waals surface area (Å²) in [5.74, 6) is -0.208. The van der Waals surface area contributed by atoms with Gasteiger partial charge in [0.05, 0.1) is 0 Å². The van der Waals surface area contributed by atoms with E-state index in [9.17, 15) is 4.79 Å². The molecule has 0 aliphatic heterocycles. The zero-order chi connectivity index (χ0) is 9.07. The molecule has 0 aliphatic carbocycles. The van der Waals surface area contributed by atoms with E-state index in [0.717, 1.165) is 0 Å². The molecule has 11 heavy (non-hydrogen) atoms. The van der Waals surface area contributed by atoms with Crippen molar-refractivity contribution in [2.24, 2.45) is 0 Å². The SMILES string of the molecule is CNC(C)C(=O)OC(C)(C)C. The highest BCUT2D eigenvalue weighted by Crippen LogP contribution is 2.07. The van der Waals surface area contributed by atoms with Crippen LogP contribution in [-0.4, -0.2) is 24.7 Å². The van der Waals surface area contributed by atoms with Crippen molar-refractivity contribution < 1.29 is 9.53 Å². The summed E-state index contributed by atoms with van der Waals surface area (Å²) >= 11 is 0. The van der Waals surface area contributed by atoms with Gasteiger partial charge in [-0.15, -0.1) is 0 Å². The summed E-state index contributed by atoms with van der Waals surface area (Å²) in [5.41, 5.74) is -0.387. The van der Waals surface area contributed by atoms with Gasteiger partial charge < -0.3 is 10.1 Å². The third kappa shape index (κ3) is 4.79. The van der Waals surface area contributed by atoms with E-state index in [1.54, 1.807) is 14.0 Å². The molecule has 1 N–H and O–H groups in total. The molecule has 0 saturated heterocycles. The summed E-state index contributed by atoms with van der Waals surface area (Å²) in [5, 5.41) is 2.81. The second-order valence-corrected chi connectivity index (χ2v) is 3.54. The van der Waals surface area contributed by atoms with Crippen molar-refractivity contribution in [3.05, 3.63) is 0 Å². The zero-order valence-electron chi connectivity index (χ0n) is 7.89. The zero-order valence-corrected chi connectivity index (χ0v) is 7.89. The number of nitrogens with one attached hydrogen (secondary N) is 1. The first kappa shape index (κ1) is 10.4. The third-order valence-electron chi connectivity index (χ3n) is 1.19. The Morgan fingerprint density at radius 3 is 2.18 bits per heavy atom. The Kier molecular flexibility index (Phi) is 3.52. The van der Waals surface area contributed by atoms with Gasteiger partial charge in [-0.25, -0.2) is 0 Å². The Labute approximate surface area is 68.1 Å². The van der Waals surface area contributed by atoms with Gasteiger partial charge in [0.2, 0.25) is 0 Å². The van der Waals surface area contributed by atoms with E-state index < -0.39 is 0 Å². The highest BCUT2D eigenvalue weighted by molar-refractivity contribution is 5.75. The highest BCUT2D eigenvalue weighted by atomic mass is 16.6. The van der Waals surface area contributed by atoms with Gasteiger partial charge in [-0.1, -0.05) is 0 Å². The van der Waals surface area contributed by atoms with Crippen LogP contribution in [0.5, 0.6) is 0 Å². The minimum atomic E-state index is -0.387. The Morgan fingerprint density at radius 1 is 1.45 bits per heavy atom. The van der Waals surface area contributed by atoms with Crippen LogP contribution in [0.2, 0.25) is 0 Å². The summed E-state index contributed by atoms with van der Waals surface area (Å²) in [6.45, 7) is 7.34. The Morgan fingerprint density at radius 2 is 1.91 bits per heavy atom. The normalized spacial score (nSPS) is 14.3. The first-order valence-electron chi connectivity index (χ1n) is 3.77. The first-order valence-corrected chi connectivity index (χ1v) is 3.77. The van der Waals surface area contributed by atoms with Gasteiger partial charge in [-0.3, -0.25) is 4.79 Å². The summed E-state index contributed by atoms with van der Waals surface area (Å²) in [6, 6.07) is -0.228. The van der Waals surface area contributed by atoms with Crippen molar-refractivity contribution in [3.63, 3.8) is 0 Å². The summed E-state index contributed by atoms with van der Waals surface area (Å²) in [7, 11) is 1.73. The Hall–Kier alpha value is -0.570. The molecule has 66 valence electrons. The highest BCUT2D eigenvalue weighted by Gasteiger charge is 2.19. The van der Waals surface area contributed by atoms with Crippen LogP contribution in [0.25, 0.3) is 0 Å². The van der Waals surface area contributed by atoms with Gasteiger partial charge >= 0.3 is 5.97 Å². The molecular formula is C8H17NO2. The monoisotopic (exact) mass is 159 g/mol. The summed E-state index contributed by atoms with van der Waals surface area (Å²) in [6.07, 6.45) is 0. The molecule has 1 atom stereocenters. The number of carbonyl (C=O) groups excluding carboxylic acids is 1. The third-order valence-corrected chi connectivity index (χ3v) is 1.19. The molecular weight excluding hydrogens is 142 g/mol. The molecule has 0 fully saturated rings. The maximum atomic E-state index is 11.1. The maximum absolute atomic E-state index is 11.1. The van der Waals surface area contributed by atoms with Crippen LogP contribution in [0, 0.1) is 0 Å². The van der Waals surface area contributed by atoms with Crippen molar-refractivity contribution in [1.82, 2.24) is 5.32 Å². The number of carbonyl (C=O) groups is 1. The average molecular weight is 159 g/mol. The van der Waals surface area contributed by atoms with Crippen molar-refractivity contribution in [3.8, 4) is 0 Å². The molecule has 0 radical (unpaired) electrons. The van der Waals surface area contributed by atoms with Crippen LogP contribution in [0.15, 0.2) is 0 Å². The van der Waals surface area contributed by atoms with Crippen molar-refractivity contribution in [2.75, 3.05) is 7.05 Å². The van der Waals surface area contributed by atoms with E-state index in [4.69, 9.17) is 4.74 Å². The molecule has 0 aromatic rings. The second-order valence-electron chi connectivity index (χ2n) is 3.54. The standard InChI is InChI=1S/C8H17NO2/c1-6(9-5)7(10)11-8(2,3)4/h6,9H,1-5H3. The second kappa shape index (κ2) is 3.72. The lowest BCUT2D eigenvalue weighted by Gasteiger charge is -2.21. The Balaban J connectivity index is 3.88. The van der Waals surface area contributed by atoms with E-state index in [2.05, 4.69) is 5.32 Å². The number of ether oxygens (including phenoxy) is 1. The molecule has 0 aliphatic rings. The molecule has 0 amide bonds. The molecule has 0 rings (SSSR count). The fourth-order valence-corrected chi connectivity index (χ4v) is 0.508. The minimum absolute atomic E-state index is 0.208. The maximum Gasteiger partial charge on any atom is 0.323 e. The topological polar surface area (TPSA) is 38.3 Å². The fraction of sp³-hybridized carbons (Fsp3) is 0.875. The van der Waals surface area contributed by atoms with Crippen LogP contribution in [0.3, 0.4) is 0 Å². The quantitative estimate of drug-likeness (QED) is 0.609. The fourth-order valence-electron chi connectivity index (χ4n) is 0.508. The number of likely N-dealkylation sites (N-methyl/N-ethyl adjacent to an activating group) is 1. The van der Waals surface area contributed by atoms with Gasteiger partial charge in [0, 0.05) is 0 Å². The van der Waals surface area contributed by atoms with Crippen molar-refractivity contribution in [1.29, 1.82) is 0 Å². The number of esters is 1. The Bertz CT molecular complexity index is 138. The van der Waals surface area contributed by atoms with Gasteiger partial charge in [0.25, 0.3) is 0 Å². The molecule has 0 spiro atoms. The number of hydrogen-bond donors (Lipinski definition) is 1.